The van der Waals surface area contributed by atoms with Crippen LogP contribution >= 0.6 is 11.6 Å². The predicted octanol–water partition coefficient (Wildman–Crippen LogP) is 2.50. The van der Waals surface area contributed by atoms with Crippen LogP contribution in [0.3, 0.4) is 0 Å². The summed E-state index contributed by atoms with van der Waals surface area (Å²) < 4.78 is 10.2. The summed E-state index contributed by atoms with van der Waals surface area (Å²) in [6.45, 7) is 0.132. The fourth-order valence-electron chi connectivity index (χ4n) is 1.47. The molecule has 0 fully saturated rings. The van der Waals surface area contributed by atoms with Crippen LogP contribution in [0.1, 0.15) is 16.1 Å². The van der Waals surface area contributed by atoms with E-state index in [9.17, 15) is 4.79 Å². The van der Waals surface area contributed by atoms with Gasteiger partial charge >= 0.3 is 5.97 Å². The Hall–Kier alpha value is -2.14. The first kappa shape index (κ1) is 13.3. The van der Waals surface area contributed by atoms with E-state index >= 15 is 0 Å². The number of nitrogens with zero attached hydrogens (tertiary/aromatic N) is 2. The number of carbonyl (C=O) groups excluding carboxylic acids is 1. The zero-order valence-electron chi connectivity index (χ0n) is 10.2. The number of methoxy groups -OCH3 is 1. The lowest BCUT2D eigenvalue weighted by molar-refractivity contribution is 0.0597. The Bertz CT molecular complexity index is 590. The second kappa shape index (κ2) is 6.15. The summed E-state index contributed by atoms with van der Waals surface area (Å²) in [5.41, 5.74) is 0.870. The molecule has 2 rings (SSSR count). The third-order valence-electron chi connectivity index (χ3n) is 2.35. The monoisotopic (exact) mass is 278 g/mol. The minimum absolute atomic E-state index is 0.132. The number of carbonyl (C=O) groups is 1. The molecule has 0 atom stereocenters. The maximum Gasteiger partial charge on any atom is 0.339 e. The van der Waals surface area contributed by atoms with Crippen LogP contribution in [0.15, 0.2) is 36.8 Å². The van der Waals surface area contributed by atoms with Crippen molar-refractivity contribution in [3.8, 4) is 5.75 Å². The molecule has 0 unspecified atom stereocenters. The van der Waals surface area contributed by atoms with Gasteiger partial charge in [0.1, 0.15) is 12.4 Å². The Balaban J connectivity index is 2.13. The molecule has 0 aliphatic carbocycles. The molecule has 2 heterocycles. The SMILES string of the molecule is COC(=O)c1cccnc1COc1cncc(Cl)c1. The first-order valence-corrected chi connectivity index (χ1v) is 5.84. The second-order valence-electron chi connectivity index (χ2n) is 3.62. The van der Waals surface area contributed by atoms with Crippen molar-refractivity contribution < 1.29 is 14.3 Å². The third kappa shape index (κ3) is 3.42. The summed E-state index contributed by atoms with van der Waals surface area (Å²) in [7, 11) is 1.32. The molecule has 6 heteroatoms. The van der Waals surface area contributed by atoms with Crippen molar-refractivity contribution >= 4 is 17.6 Å². The lowest BCUT2D eigenvalue weighted by Crippen LogP contribution is -2.09. The van der Waals surface area contributed by atoms with Crippen LogP contribution in [0.25, 0.3) is 0 Å². The molecule has 0 bridgehead atoms. The van der Waals surface area contributed by atoms with E-state index in [4.69, 9.17) is 16.3 Å². The number of ether oxygens (including phenoxy) is 2. The van der Waals surface area contributed by atoms with Crippen LogP contribution in [-0.2, 0) is 11.3 Å². The third-order valence-corrected chi connectivity index (χ3v) is 2.56. The maximum atomic E-state index is 11.5. The second-order valence-corrected chi connectivity index (χ2v) is 4.05. The van der Waals surface area contributed by atoms with E-state index in [2.05, 4.69) is 14.7 Å². The highest BCUT2D eigenvalue weighted by molar-refractivity contribution is 6.30. The van der Waals surface area contributed by atoms with Crippen molar-refractivity contribution in [2.24, 2.45) is 0 Å². The van der Waals surface area contributed by atoms with Crippen molar-refractivity contribution in [1.82, 2.24) is 9.97 Å². The Morgan fingerprint density at radius 2 is 2.26 bits per heavy atom. The van der Waals surface area contributed by atoms with Gasteiger partial charge in [0.25, 0.3) is 0 Å². The number of aromatic nitrogens is 2. The summed E-state index contributed by atoms with van der Waals surface area (Å²) in [6, 6.07) is 4.93. The highest BCUT2D eigenvalue weighted by Gasteiger charge is 2.12. The number of pyridine rings is 2. The van der Waals surface area contributed by atoms with Crippen LogP contribution < -0.4 is 4.74 Å². The van der Waals surface area contributed by atoms with Crippen LogP contribution in [0, 0.1) is 0 Å². The number of rotatable bonds is 4. The summed E-state index contributed by atoms with van der Waals surface area (Å²) in [5.74, 6) is 0.0601. The van der Waals surface area contributed by atoms with Crippen LogP contribution in [-0.4, -0.2) is 23.0 Å². The average Bonchev–Trinajstić information content (AvgIpc) is 2.45. The first-order valence-electron chi connectivity index (χ1n) is 5.46. The summed E-state index contributed by atoms with van der Waals surface area (Å²) in [6.07, 6.45) is 4.63. The molecule has 0 saturated heterocycles. The molecule has 5 nitrogen and oxygen atoms in total. The van der Waals surface area contributed by atoms with E-state index in [-0.39, 0.29) is 6.61 Å². The van der Waals surface area contributed by atoms with Crippen molar-refractivity contribution in [3.05, 3.63) is 53.1 Å². The topological polar surface area (TPSA) is 61.3 Å². The summed E-state index contributed by atoms with van der Waals surface area (Å²) >= 11 is 5.80. The molecule has 2 aromatic heterocycles. The highest BCUT2D eigenvalue weighted by Crippen LogP contribution is 2.17. The van der Waals surface area contributed by atoms with Gasteiger partial charge in [-0.05, 0) is 12.1 Å². The minimum Gasteiger partial charge on any atom is -0.486 e. The molecule has 0 aliphatic heterocycles. The van der Waals surface area contributed by atoms with E-state index < -0.39 is 5.97 Å². The number of hydrogen-bond donors (Lipinski definition) is 0. The maximum absolute atomic E-state index is 11.5. The van der Waals surface area contributed by atoms with Crippen molar-refractivity contribution in [2.75, 3.05) is 7.11 Å². The van der Waals surface area contributed by atoms with Gasteiger partial charge in [-0.1, -0.05) is 11.6 Å². The van der Waals surface area contributed by atoms with Crippen molar-refractivity contribution in [3.63, 3.8) is 0 Å². The molecule has 2 aromatic rings. The molecule has 0 aromatic carbocycles. The molecule has 98 valence electrons. The largest absolute Gasteiger partial charge is 0.486 e. The number of hydrogen-bond acceptors (Lipinski definition) is 5. The Morgan fingerprint density at radius 1 is 1.42 bits per heavy atom. The quantitative estimate of drug-likeness (QED) is 0.804. The van der Waals surface area contributed by atoms with Gasteiger partial charge in [-0.3, -0.25) is 9.97 Å². The molecular formula is C13H11ClN2O3. The Kier molecular flexibility index (Phi) is 4.30. The molecule has 0 radical (unpaired) electrons. The van der Waals surface area contributed by atoms with Gasteiger partial charge in [0, 0.05) is 18.5 Å². The van der Waals surface area contributed by atoms with Gasteiger partial charge in [0.05, 0.1) is 29.6 Å². The minimum atomic E-state index is -0.448. The standard InChI is InChI=1S/C13H11ClN2O3/c1-18-13(17)11-3-2-4-16-12(11)8-19-10-5-9(14)6-15-7-10/h2-7H,8H2,1H3. The number of esters is 1. The lowest BCUT2D eigenvalue weighted by Gasteiger charge is -2.08. The Labute approximate surface area is 115 Å². The summed E-state index contributed by atoms with van der Waals surface area (Å²) in [4.78, 5) is 19.6. The van der Waals surface area contributed by atoms with E-state index in [0.29, 0.717) is 22.0 Å². The molecule has 0 aliphatic rings. The number of halogens is 1. The van der Waals surface area contributed by atoms with E-state index in [1.165, 1.54) is 19.5 Å². The average molecular weight is 279 g/mol. The van der Waals surface area contributed by atoms with Gasteiger partial charge in [0.2, 0.25) is 0 Å². The predicted molar refractivity (Wildman–Crippen MR) is 69.2 cm³/mol. The fraction of sp³-hybridized carbons (Fsp3) is 0.154. The van der Waals surface area contributed by atoms with E-state index in [1.54, 1.807) is 24.4 Å². The zero-order valence-corrected chi connectivity index (χ0v) is 10.9. The van der Waals surface area contributed by atoms with Gasteiger partial charge in [0.15, 0.2) is 0 Å². The molecule has 0 amide bonds. The van der Waals surface area contributed by atoms with Gasteiger partial charge in [-0.2, -0.15) is 0 Å². The van der Waals surface area contributed by atoms with Crippen LogP contribution in [0.2, 0.25) is 5.02 Å². The van der Waals surface area contributed by atoms with Crippen LogP contribution in [0.4, 0.5) is 0 Å². The molecule has 0 N–H and O–H groups in total. The van der Waals surface area contributed by atoms with Gasteiger partial charge in [-0.25, -0.2) is 4.79 Å². The summed E-state index contributed by atoms with van der Waals surface area (Å²) in [5, 5.41) is 0.478. The van der Waals surface area contributed by atoms with Crippen LogP contribution in [0.5, 0.6) is 5.75 Å². The van der Waals surface area contributed by atoms with Gasteiger partial charge in [-0.15, -0.1) is 0 Å². The van der Waals surface area contributed by atoms with E-state index in [1.807, 2.05) is 0 Å². The molecule has 0 spiro atoms. The highest BCUT2D eigenvalue weighted by atomic mass is 35.5. The van der Waals surface area contributed by atoms with E-state index in [0.717, 1.165) is 0 Å². The fourth-order valence-corrected chi connectivity index (χ4v) is 1.64. The van der Waals surface area contributed by atoms with Gasteiger partial charge < -0.3 is 9.47 Å². The first-order chi connectivity index (χ1) is 9.20. The van der Waals surface area contributed by atoms with Crippen molar-refractivity contribution in [1.29, 1.82) is 0 Å². The lowest BCUT2D eigenvalue weighted by atomic mass is 10.2. The molecule has 0 saturated carbocycles. The Morgan fingerprint density at radius 3 is 3.00 bits per heavy atom. The zero-order chi connectivity index (χ0) is 13.7. The molecular weight excluding hydrogens is 268 g/mol. The normalized spacial score (nSPS) is 10.0. The smallest absolute Gasteiger partial charge is 0.339 e. The van der Waals surface area contributed by atoms with Crippen molar-refractivity contribution in [2.45, 2.75) is 6.61 Å². The molecule has 19 heavy (non-hydrogen) atoms.